The van der Waals surface area contributed by atoms with E-state index in [1.54, 1.807) is 37.4 Å². The second-order valence-corrected chi connectivity index (χ2v) is 9.71. The summed E-state index contributed by atoms with van der Waals surface area (Å²) in [6.45, 7) is 0.383. The number of amides is 2. The molecule has 0 bridgehead atoms. The maximum Gasteiger partial charge on any atom is 0.270 e. The van der Waals surface area contributed by atoms with Crippen molar-refractivity contribution in [1.29, 1.82) is 0 Å². The minimum absolute atomic E-state index is 0.0336. The number of halogens is 2. The van der Waals surface area contributed by atoms with Gasteiger partial charge < -0.3 is 9.47 Å². The maximum atomic E-state index is 13.2. The molecule has 0 radical (unpaired) electrons. The van der Waals surface area contributed by atoms with Crippen LogP contribution in [-0.2, 0) is 16.2 Å². The predicted molar refractivity (Wildman–Crippen MR) is 147 cm³/mol. The Morgan fingerprint density at radius 1 is 1.09 bits per heavy atom. The minimum Gasteiger partial charge on any atom is -0.493 e. The van der Waals surface area contributed by atoms with Gasteiger partial charge in [0.2, 0.25) is 0 Å². The van der Waals surface area contributed by atoms with E-state index in [0.717, 1.165) is 13.6 Å². The summed E-state index contributed by atoms with van der Waals surface area (Å²) < 4.78 is 13.2. The molecule has 3 aromatic carbocycles. The van der Waals surface area contributed by atoms with Crippen LogP contribution in [-0.4, -0.2) is 24.0 Å². The molecule has 1 N–H and O–H groups in total. The topological polar surface area (TPSA) is 67.9 Å². The van der Waals surface area contributed by atoms with Crippen LogP contribution in [0.4, 0.5) is 5.69 Å². The van der Waals surface area contributed by atoms with Crippen LogP contribution in [0.3, 0.4) is 0 Å². The molecule has 2 amide bonds. The quantitative estimate of drug-likeness (QED) is 0.166. The zero-order valence-electron chi connectivity index (χ0n) is 17.9. The van der Waals surface area contributed by atoms with Crippen molar-refractivity contribution in [3.63, 3.8) is 0 Å². The zero-order valence-corrected chi connectivity index (χ0v) is 22.4. The average molecular weight is 649 g/mol. The van der Waals surface area contributed by atoms with Gasteiger partial charge in [0.05, 0.1) is 16.4 Å². The molecule has 0 spiro atoms. The molecule has 1 heterocycles. The van der Waals surface area contributed by atoms with E-state index in [1.165, 1.54) is 11.0 Å². The van der Waals surface area contributed by atoms with Crippen molar-refractivity contribution < 1.29 is 19.1 Å². The van der Waals surface area contributed by atoms with E-state index >= 15 is 0 Å². The molecule has 0 aliphatic carbocycles. The number of hydrogen-bond donors (Lipinski definition) is 1. The van der Waals surface area contributed by atoms with Gasteiger partial charge >= 0.3 is 0 Å². The summed E-state index contributed by atoms with van der Waals surface area (Å²) in [4.78, 5) is 27.2. The smallest absolute Gasteiger partial charge is 0.270 e. The van der Waals surface area contributed by atoms with E-state index in [0.29, 0.717) is 29.4 Å². The Hall–Kier alpha value is -2.76. The molecule has 34 heavy (non-hydrogen) atoms. The van der Waals surface area contributed by atoms with Crippen molar-refractivity contribution in [2.75, 3.05) is 12.0 Å². The van der Waals surface area contributed by atoms with Gasteiger partial charge in [-0.15, -0.1) is 0 Å². The molecule has 9 heteroatoms. The molecule has 3 aromatic rings. The molecule has 4 rings (SSSR count). The number of carbonyl (C=O) groups is 2. The molecule has 1 aliphatic heterocycles. The fraction of sp³-hybridized carbons (Fsp3) is 0.0800. The Bertz CT molecular complexity index is 1300. The highest BCUT2D eigenvalue weighted by atomic mass is 127. The number of carbonyl (C=O) groups excluding carboxylic acids is 2. The summed E-state index contributed by atoms with van der Waals surface area (Å²) in [5.74, 6) is 0.0287. The number of nitrogens with zero attached hydrogens (tertiary/aromatic N) is 1. The first-order chi connectivity index (χ1) is 16.4. The number of rotatable bonds is 6. The normalized spacial score (nSPS) is 14.9. The third-order valence-electron chi connectivity index (χ3n) is 4.98. The van der Waals surface area contributed by atoms with Gasteiger partial charge in [0.1, 0.15) is 12.2 Å². The summed E-state index contributed by atoms with van der Waals surface area (Å²) >= 11 is 10.8. The van der Waals surface area contributed by atoms with Crippen molar-refractivity contribution in [2.45, 2.75) is 6.61 Å². The first-order valence-corrected chi connectivity index (χ1v) is 12.4. The first-order valence-electron chi connectivity index (χ1n) is 10.1. The number of thiocarbonyl (C=S) groups is 1. The Morgan fingerprint density at radius 2 is 1.79 bits per heavy atom. The highest BCUT2D eigenvalue weighted by Gasteiger charge is 2.34. The Labute approximate surface area is 224 Å². The lowest BCUT2D eigenvalue weighted by Crippen LogP contribution is -2.54. The minimum atomic E-state index is -0.554. The molecule has 0 aromatic heterocycles. The number of ether oxygens (including phenoxy) is 2. The van der Waals surface area contributed by atoms with Crippen LogP contribution >= 0.6 is 50.7 Å². The van der Waals surface area contributed by atoms with Gasteiger partial charge in [0, 0.05) is 4.47 Å². The molecule has 6 nitrogen and oxygen atoms in total. The molecule has 0 unspecified atom stereocenters. The summed E-state index contributed by atoms with van der Waals surface area (Å²) in [6.07, 6.45) is 1.52. The first kappa shape index (κ1) is 24.4. The van der Waals surface area contributed by atoms with E-state index in [2.05, 4.69) is 43.8 Å². The number of nitrogens with one attached hydrogen (secondary N) is 1. The van der Waals surface area contributed by atoms with E-state index in [4.69, 9.17) is 21.7 Å². The van der Waals surface area contributed by atoms with E-state index < -0.39 is 11.8 Å². The average Bonchev–Trinajstić information content (AvgIpc) is 2.82. The second-order valence-electron chi connectivity index (χ2n) is 7.24. The molecule has 0 saturated carbocycles. The van der Waals surface area contributed by atoms with Crippen molar-refractivity contribution in [2.24, 2.45) is 0 Å². The second kappa shape index (κ2) is 10.7. The van der Waals surface area contributed by atoms with Crippen LogP contribution in [0, 0.1) is 3.57 Å². The van der Waals surface area contributed by atoms with Crippen molar-refractivity contribution >= 4 is 79.4 Å². The zero-order chi connectivity index (χ0) is 24.2. The van der Waals surface area contributed by atoms with Gasteiger partial charge in [0.25, 0.3) is 11.8 Å². The fourth-order valence-electron chi connectivity index (χ4n) is 3.34. The van der Waals surface area contributed by atoms with Gasteiger partial charge in [-0.1, -0.05) is 46.3 Å². The van der Waals surface area contributed by atoms with Crippen molar-refractivity contribution in [3.05, 3.63) is 91.5 Å². The highest BCUT2D eigenvalue weighted by Crippen LogP contribution is 2.35. The molecule has 1 aliphatic rings. The summed E-state index contributed by atoms with van der Waals surface area (Å²) in [6, 6.07) is 20.4. The largest absolute Gasteiger partial charge is 0.493 e. The summed E-state index contributed by atoms with van der Waals surface area (Å²) in [5, 5.41) is 2.63. The third kappa shape index (κ3) is 5.31. The van der Waals surface area contributed by atoms with Gasteiger partial charge in [-0.25, -0.2) is 0 Å². The van der Waals surface area contributed by atoms with Crippen LogP contribution in [0.5, 0.6) is 11.5 Å². The van der Waals surface area contributed by atoms with Crippen LogP contribution in [0.1, 0.15) is 11.1 Å². The maximum absolute atomic E-state index is 13.2. The van der Waals surface area contributed by atoms with Gasteiger partial charge in [0.15, 0.2) is 16.6 Å². The lowest BCUT2D eigenvalue weighted by atomic mass is 10.1. The molecule has 172 valence electrons. The number of benzene rings is 3. The standard InChI is InChI=1S/C25H18BrIN2O4S/c1-32-21-13-16(12-20(27)22(21)33-14-15-5-3-2-4-6-15)11-19-23(30)28-25(34)29(24(19)31)18-9-7-17(26)8-10-18/h2-13H,14H2,1H3,(H,28,30,34)/b19-11+. The molecule has 1 saturated heterocycles. The van der Waals surface area contributed by atoms with Gasteiger partial charge in [-0.05, 0) is 88.4 Å². The van der Waals surface area contributed by atoms with Gasteiger partial charge in [-0.2, -0.15) is 0 Å². The van der Waals surface area contributed by atoms with Crippen molar-refractivity contribution in [3.8, 4) is 11.5 Å². The predicted octanol–water partition coefficient (Wildman–Crippen LogP) is 5.47. The van der Waals surface area contributed by atoms with Gasteiger partial charge in [-0.3, -0.25) is 19.8 Å². The molecular weight excluding hydrogens is 631 g/mol. The van der Waals surface area contributed by atoms with Crippen LogP contribution in [0.25, 0.3) is 6.08 Å². The fourth-order valence-corrected chi connectivity index (χ4v) is 4.67. The van der Waals surface area contributed by atoms with Crippen LogP contribution in [0.15, 0.2) is 76.8 Å². The lowest BCUT2D eigenvalue weighted by molar-refractivity contribution is -0.122. The number of methoxy groups -OCH3 is 1. The van der Waals surface area contributed by atoms with E-state index in [-0.39, 0.29) is 10.7 Å². The molecule has 1 fully saturated rings. The lowest BCUT2D eigenvalue weighted by Gasteiger charge is -2.29. The monoisotopic (exact) mass is 648 g/mol. The van der Waals surface area contributed by atoms with E-state index in [9.17, 15) is 9.59 Å². The molecular formula is C25H18BrIN2O4S. The van der Waals surface area contributed by atoms with Crippen LogP contribution in [0.2, 0.25) is 0 Å². The third-order valence-corrected chi connectivity index (χ3v) is 6.59. The SMILES string of the molecule is COc1cc(/C=C2\C(=O)NC(=S)N(c3ccc(Br)cc3)C2=O)cc(I)c1OCc1ccccc1. The Kier molecular flexibility index (Phi) is 7.64. The number of hydrogen-bond acceptors (Lipinski definition) is 5. The Morgan fingerprint density at radius 3 is 2.47 bits per heavy atom. The highest BCUT2D eigenvalue weighted by molar-refractivity contribution is 14.1. The molecule has 0 atom stereocenters. The van der Waals surface area contributed by atoms with E-state index in [1.807, 2.05) is 36.4 Å². The van der Waals surface area contributed by atoms with Crippen molar-refractivity contribution in [1.82, 2.24) is 5.32 Å². The Balaban J connectivity index is 1.64. The van der Waals surface area contributed by atoms with Crippen LogP contribution < -0.4 is 19.7 Å². The summed E-state index contributed by atoms with van der Waals surface area (Å²) in [7, 11) is 1.55. The summed E-state index contributed by atoms with van der Waals surface area (Å²) in [5.41, 5.74) is 2.17. The number of anilines is 1.